The molecule has 1 aromatic carbocycles. The molecule has 0 N–H and O–H groups in total. The summed E-state index contributed by atoms with van der Waals surface area (Å²) in [6.07, 6.45) is 4.07. The second kappa shape index (κ2) is 5.03. The zero-order valence-corrected chi connectivity index (χ0v) is 13.6. The van der Waals surface area contributed by atoms with Crippen LogP contribution in [0.5, 0.6) is 0 Å². The van der Waals surface area contributed by atoms with E-state index in [9.17, 15) is 4.79 Å². The molecule has 2 bridgehead atoms. The fourth-order valence-electron chi connectivity index (χ4n) is 4.37. The third kappa shape index (κ3) is 2.01. The van der Waals surface area contributed by atoms with Gasteiger partial charge in [-0.15, -0.1) is 5.10 Å². The van der Waals surface area contributed by atoms with E-state index in [4.69, 9.17) is 0 Å². The molecule has 1 fully saturated rings. The van der Waals surface area contributed by atoms with Gasteiger partial charge in [0.1, 0.15) is 0 Å². The van der Waals surface area contributed by atoms with Gasteiger partial charge in [0.25, 0.3) is 0 Å². The van der Waals surface area contributed by atoms with E-state index in [1.54, 1.807) is 0 Å². The van der Waals surface area contributed by atoms with E-state index < -0.39 is 0 Å². The van der Waals surface area contributed by atoms with Crippen molar-refractivity contribution in [2.24, 2.45) is 0 Å². The molecule has 3 aliphatic heterocycles. The number of fused-ring (bicyclic) bond motifs is 5. The molecule has 0 saturated carbocycles. The summed E-state index contributed by atoms with van der Waals surface area (Å²) in [5, 5.41) is 4.24. The standard InChI is InChI=1S/C17H18N4OS/c22-16(10-20-8-7-11-3-1-2-4-14(11)20)21-12-5-6-15(21)17-13(9-12)18-19-23-17/h1-4,12,15H,5-10H2/t12-,15-/m1/s1. The number of aromatic nitrogens is 2. The predicted molar refractivity (Wildman–Crippen MR) is 88.6 cm³/mol. The summed E-state index contributed by atoms with van der Waals surface area (Å²) < 4.78 is 4.09. The van der Waals surface area contributed by atoms with Crippen LogP contribution in [0.1, 0.15) is 35.0 Å². The summed E-state index contributed by atoms with van der Waals surface area (Å²) in [5.41, 5.74) is 3.71. The minimum atomic E-state index is 0.217. The van der Waals surface area contributed by atoms with Crippen LogP contribution in [0, 0.1) is 0 Å². The lowest BCUT2D eigenvalue weighted by molar-refractivity contribution is -0.133. The third-order valence-electron chi connectivity index (χ3n) is 5.42. The Labute approximate surface area is 139 Å². The van der Waals surface area contributed by atoms with Crippen LogP contribution in [0.25, 0.3) is 0 Å². The maximum Gasteiger partial charge on any atom is 0.242 e. The second-order valence-electron chi connectivity index (χ2n) is 6.64. The molecule has 1 saturated heterocycles. The molecule has 0 unspecified atom stereocenters. The van der Waals surface area contributed by atoms with E-state index >= 15 is 0 Å². The summed E-state index contributed by atoms with van der Waals surface area (Å²) >= 11 is 1.47. The van der Waals surface area contributed by atoms with Gasteiger partial charge in [0, 0.05) is 24.7 Å². The maximum atomic E-state index is 13.0. The number of para-hydroxylation sites is 1. The van der Waals surface area contributed by atoms with Gasteiger partial charge in [-0.05, 0) is 42.4 Å². The van der Waals surface area contributed by atoms with E-state index in [0.29, 0.717) is 12.6 Å². The number of amides is 1. The van der Waals surface area contributed by atoms with Gasteiger partial charge in [0.2, 0.25) is 5.91 Å². The molecular formula is C17H18N4OS. The van der Waals surface area contributed by atoms with Gasteiger partial charge in [-0.25, -0.2) is 0 Å². The lowest BCUT2D eigenvalue weighted by atomic mass is 10.1. The second-order valence-corrected chi connectivity index (χ2v) is 7.42. The van der Waals surface area contributed by atoms with Gasteiger partial charge in [0.05, 0.1) is 23.2 Å². The van der Waals surface area contributed by atoms with Gasteiger partial charge in [-0.3, -0.25) is 4.79 Å². The number of rotatable bonds is 2. The van der Waals surface area contributed by atoms with Gasteiger partial charge in [-0.2, -0.15) is 0 Å². The number of benzene rings is 1. The Kier molecular flexibility index (Phi) is 2.95. The molecule has 0 aliphatic carbocycles. The van der Waals surface area contributed by atoms with Crippen LogP contribution in [0.4, 0.5) is 5.69 Å². The van der Waals surface area contributed by atoms with E-state index in [2.05, 4.69) is 43.7 Å². The number of anilines is 1. The molecule has 1 aromatic heterocycles. The Hall–Kier alpha value is -1.95. The van der Waals surface area contributed by atoms with Gasteiger partial charge >= 0.3 is 0 Å². The summed E-state index contributed by atoms with van der Waals surface area (Å²) in [4.78, 5) is 18.6. The molecular weight excluding hydrogens is 308 g/mol. The number of hydrogen-bond donors (Lipinski definition) is 0. The first-order valence-electron chi connectivity index (χ1n) is 8.26. The van der Waals surface area contributed by atoms with Crippen molar-refractivity contribution in [3.8, 4) is 0 Å². The molecule has 4 heterocycles. The highest BCUT2D eigenvalue weighted by atomic mass is 32.1. The Bertz CT molecular complexity index is 773. The summed E-state index contributed by atoms with van der Waals surface area (Å²) in [6, 6.07) is 8.97. The van der Waals surface area contributed by atoms with E-state index in [-0.39, 0.29) is 11.9 Å². The van der Waals surface area contributed by atoms with E-state index in [1.165, 1.54) is 27.7 Å². The van der Waals surface area contributed by atoms with Crippen molar-refractivity contribution >= 4 is 23.1 Å². The average molecular weight is 326 g/mol. The highest BCUT2D eigenvalue weighted by Crippen LogP contribution is 2.44. The lowest BCUT2D eigenvalue weighted by Gasteiger charge is -2.35. The summed E-state index contributed by atoms with van der Waals surface area (Å²) in [5.74, 6) is 0.258. The van der Waals surface area contributed by atoms with Crippen LogP contribution in [0.3, 0.4) is 0 Å². The van der Waals surface area contributed by atoms with Crippen LogP contribution in [-0.4, -0.2) is 39.5 Å². The lowest BCUT2D eigenvalue weighted by Crippen LogP contribution is -2.46. The number of carbonyl (C=O) groups excluding carboxylic acids is 1. The maximum absolute atomic E-state index is 13.0. The van der Waals surface area contributed by atoms with Crippen LogP contribution < -0.4 is 4.90 Å². The molecule has 5 nitrogen and oxygen atoms in total. The van der Waals surface area contributed by atoms with Crippen LogP contribution in [0.15, 0.2) is 24.3 Å². The summed E-state index contributed by atoms with van der Waals surface area (Å²) in [6.45, 7) is 1.44. The van der Waals surface area contributed by atoms with Crippen LogP contribution in [-0.2, 0) is 17.6 Å². The summed E-state index contributed by atoms with van der Waals surface area (Å²) in [7, 11) is 0. The van der Waals surface area contributed by atoms with Gasteiger partial charge < -0.3 is 9.80 Å². The minimum absolute atomic E-state index is 0.217. The first-order valence-corrected chi connectivity index (χ1v) is 9.04. The Morgan fingerprint density at radius 1 is 1.30 bits per heavy atom. The Morgan fingerprint density at radius 2 is 2.22 bits per heavy atom. The van der Waals surface area contributed by atoms with Gasteiger partial charge in [0.15, 0.2) is 0 Å². The zero-order chi connectivity index (χ0) is 15.4. The van der Waals surface area contributed by atoms with Crippen molar-refractivity contribution in [1.82, 2.24) is 14.5 Å². The van der Waals surface area contributed by atoms with Crippen LogP contribution >= 0.6 is 11.5 Å². The normalized spacial score (nSPS) is 24.7. The molecule has 6 heteroatoms. The fourth-order valence-corrected chi connectivity index (χ4v) is 5.18. The Morgan fingerprint density at radius 3 is 3.17 bits per heavy atom. The topological polar surface area (TPSA) is 49.3 Å². The molecule has 0 spiro atoms. The SMILES string of the molecule is O=C(CN1CCc2ccccc21)N1[C@@H]2CC[C@@H]1c1snnc1C2. The molecule has 2 aromatic rings. The molecule has 2 atom stereocenters. The molecule has 118 valence electrons. The number of carbonyl (C=O) groups is 1. The highest BCUT2D eigenvalue weighted by Gasteiger charge is 2.44. The van der Waals surface area contributed by atoms with Crippen molar-refractivity contribution < 1.29 is 4.79 Å². The number of nitrogens with zero attached hydrogens (tertiary/aromatic N) is 4. The van der Waals surface area contributed by atoms with E-state index in [1.807, 2.05) is 0 Å². The monoisotopic (exact) mass is 326 g/mol. The largest absolute Gasteiger partial charge is 0.362 e. The molecule has 0 radical (unpaired) electrons. The van der Waals surface area contributed by atoms with E-state index in [0.717, 1.165) is 37.9 Å². The smallest absolute Gasteiger partial charge is 0.242 e. The zero-order valence-electron chi connectivity index (χ0n) is 12.8. The molecule has 23 heavy (non-hydrogen) atoms. The predicted octanol–water partition coefficient (Wildman–Crippen LogP) is 2.19. The number of hydrogen-bond acceptors (Lipinski definition) is 5. The van der Waals surface area contributed by atoms with Crippen LogP contribution in [0.2, 0.25) is 0 Å². The van der Waals surface area contributed by atoms with Crippen molar-refractivity contribution in [3.63, 3.8) is 0 Å². The van der Waals surface area contributed by atoms with Crippen molar-refractivity contribution in [2.45, 2.75) is 37.8 Å². The van der Waals surface area contributed by atoms with Crippen molar-refractivity contribution in [1.29, 1.82) is 0 Å². The minimum Gasteiger partial charge on any atom is -0.362 e. The third-order valence-corrected chi connectivity index (χ3v) is 6.28. The van der Waals surface area contributed by atoms with Crippen molar-refractivity contribution in [2.75, 3.05) is 18.0 Å². The quantitative estimate of drug-likeness (QED) is 0.849. The molecule has 5 rings (SSSR count). The first kappa shape index (κ1) is 13.5. The molecule has 3 aliphatic rings. The van der Waals surface area contributed by atoms with Crippen molar-refractivity contribution in [3.05, 3.63) is 40.4 Å². The average Bonchev–Trinajstić information content (AvgIpc) is 3.26. The fraction of sp³-hybridized carbons (Fsp3) is 0.471. The Balaban J connectivity index is 1.39. The molecule has 1 amide bonds. The first-order chi connectivity index (χ1) is 11.3. The highest BCUT2D eigenvalue weighted by molar-refractivity contribution is 7.05. The van der Waals surface area contributed by atoms with Gasteiger partial charge in [-0.1, -0.05) is 22.7 Å².